The van der Waals surface area contributed by atoms with Crippen molar-refractivity contribution in [3.05, 3.63) is 46.8 Å². The normalized spacial score (nSPS) is 13.7. The predicted octanol–water partition coefficient (Wildman–Crippen LogP) is 2.65. The van der Waals surface area contributed by atoms with Crippen LogP contribution >= 0.6 is 0 Å². The van der Waals surface area contributed by atoms with Crippen molar-refractivity contribution in [3.8, 4) is 0 Å². The smallest absolute Gasteiger partial charge is 0.276 e. The van der Waals surface area contributed by atoms with Gasteiger partial charge in [-0.05, 0) is 30.5 Å². The van der Waals surface area contributed by atoms with E-state index in [-0.39, 0.29) is 5.91 Å². The van der Waals surface area contributed by atoms with Gasteiger partial charge in [0, 0.05) is 36.5 Å². The SMILES string of the molecule is CCCCc1ccc(NC(=O)c2n[nH]c3c2CNCC3)cc1. The van der Waals surface area contributed by atoms with E-state index in [0.717, 1.165) is 36.3 Å². The second-order valence-electron chi connectivity index (χ2n) is 5.71. The van der Waals surface area contributed by atoms with Gasteiger partial charge in [-0.1, -0.05) is 25.5 Å². The Morgan fingerprint density at radius 3 is 2.91 bits per heavy atom. The van der Waals surface area contributed by atoms with Crippen LogP contribution in [0.1, 0.15) is 47.1 Å². The monoisotopic (exact) mass is 298 g/mol. The third kappa shape index (κ3) is 3.20. The minimum absolute atomic E-state index is 0.150. The molecule has 3 rings (SSSR count). The number of fused-ring (bicyclic) bond motifs is 1. The van der Waals surface area contributed by atoms with Crippen LogP contribution in [-0.2, 0) is 19.4 Å². The van der Waals surface area contributed by atoms with Crippen molar-refractivity contribution in [1.82, 2.24) is 15.5 Å². The third-order valence-electron chi connectivity index (χ3n) is 4.05. The van der Waals surface area contributed by atoms with Gasteiger partial charge in [0.15, 0.2) is 5.69 Å². The molecular weight excluding hydrogens is 276 g/mol. The number of H-pyrrole nitrogens is 1. The molecule has 2 aromatic rings. The molecule has 0 radical (unpaired) electrons. The van der Waals surface area contributed by atoms with Gasteiger partial charge in [-0.15, -0.1) is 0 Å². The summed E-state index contributed by atoms with van der Waals surface area (Å²) < 4.78 is 0. The zero-order valence-electron chi connectivity index (χ0n) is 12.9. The summed E-state index contributed by atoms with van der Waals surface area (Å²) in [7, 11) is 0. The molecule has 0 saturated carbocycles. The Kier molecular flexibility index (Phi) is 4.53. The summed E-state index contributed by atoms with van der Waals surface area (Å²) in [5, 5.41) is 13.4. The number of hydrogen-bond donors (Lipinski definition) is 3. The van der Waals surface area contributed by atoms with Gasteiger partial charge in [0.05, 0.1) is 0 Å². The fraction of sp³-hybridized carbons (Fsp3) is 0.412. The molecule has 116 valence electrons. The van der Waals surface area contributed by atoms with E-state index in [1.807, 2.05) is 12.1 Å². The van der Waals surface area contributed by atoms with Crippen LogP contribution in [0.2, 0.25) is 0 Å². The number of benzene rings is 1. The van der Waals surface area contributed by atoms with E-state index in [4.69, 9.17) is 0 Å². The molecule has 0 unspecified atom stereocenters. The molecule has 0 saturated heterocycles. The number of nitrogens with one attached hydrogen (secondary N) is 3. The lowest BCUT2D eigenvalue weighted by Crippen LogP contribution is -2.25. The van der Waals surface area contributed by atoms with E-state index in [1.54, 1.807) is 0 Å². The topological polar surface area (TPSA) is 69.8 Å². The highest BCUT2D eigenvalue weighted by molar-refractivity contribution is 6.04. The van der Waals surface area contributed by atoms with Gasteiger partial charge in [-0.3, -0.25) is 9.89 Å². The average molecular weight is 298 g/mol. The van der Waals surface area contributed by atoms with Crippen LogP contribution in [0.15, 0.2) is 24.3 Å². The van der Waals surface area contributed by atoms with E-state index in [1.165, 1.54) is 18.4 Å². The number of aryl methyl sites for hydroxylation is 1. The first-order valence-corrected chi connectivity index (χ1v) is 7.95. The number of nitrogens with zero attached hydrogens (tertiary/aromatic N) is 1. The summed E-state index contributed by atoms with van der Waals surface area (Å²) in [6, 6.07) is 8.07. The molecule has 1 amide bonds. The van der Waals surface area contributed by atoms with Gasteiger partial charge < -0.3 is 10.6 Å². The second kappa shape index (κ2) is 6.75. The fourth-order valence-electron chi connectivity index (χ4n) is 2.74. The molecule has 5 nitrogen and oxygen atoms in total. The Balaban J connectivity index is 1.67. The highest BCUT2D eigenvalue weighted by Gasteiger charge is 2.21. The summed E-state index contributed by atoms with van der Waals surface area (Å²) in [4.78, 5) is 12.4. The number of hydrogen-bond acceptors (Lipinski definition) is 3. The predicted molar refractivity (Wildman–Crippen MR) is 87.0 cm³/mol. The number of rotatable bonds is 5. The second-order valence-corrected chi connectivity index (χ2v) is 5.71. The summed E-state index contributed by atoms with van der Waals surface area (Å²) in [5.74, 6) is -0.150. The van der Waals surface area contributed by atoms with Crippen molar-refractivity contribution in [2.24, 2.45) is 0 Å². The number of unbranched alkanes of at least 4 members (excludes halogenated alkanes) is 1. The molecule has 3 N–H and O–H groups in total. The Hall–Kier alpha value is -2.14. The number of carbonyl (C=O) groups is 1. The van der Waals surface area contributed by atoms with Gasteiger partial charge in [0.2, 0.25) is 0 Å². The maximum Gasteiger partial charge on any atom is 0.276 e. The van der Waals surface area contributed by atoms with Crippen LogP contribution in [-0.4, -0.2) is 22.6 Å². The van der Waals surface area contributed by atoms with Gasteiger partial charge in [-0.2, -0.15) is 5.10 Å². The van der Waals surface area contributed by atoms with Crippen molar-refractivity contribution >= 4 is 11.6 Å². The summed E-state index contributed by atoms with van der Waals surface area (Å²) >= 11 is 0. The quantitative estimate of drug-likeness (QED) is 0.795. The molecule has 0 bridgehead atoms. The van der Waals surface area contributed by atoms with Crippen molar-refractivity contribution in [1.29, 1.82) is 0 Å². The van der Waals surface area contributed by atoms with Crippen LogP contribution in [0, 0.1) is 0 Å². The van der Waals surface area contributed by atoms with Gasteiger partial charge in [-0.25, -0.2) is 0 Å². The van der Waals surface area contributed by atoms with Gasteiger partial charge >= 0.3 is 0 Å². The molecule has 0 aliphatic carbocycles. The molecule has 2 heterocycles. The van der Waals surface area contributed by atoms with Crippen molar-refractivity contribution in [2.45, 2.75) is 39.2 Å². The van der Waals surface area contributed by atoms with Crippen molar-refractivity contribution in [3.63, 3.8) is 0 Å². The molecule has 1 aliphatic rings. The molecule has 22 heavy (non-hydrogen) atoms. The highest BCUT2D eigenvalue weighted by Crippen LogP contribution is 2.18. The average Bonchev–Trinajstić information content (AvgIpc) is 2.98. The van der Waals surface area contributed by atoms with Gasteiger partial charge in [0.25, 0.3) is 5.91 Å². The Labute approximate surface area is 130 Å². The molecule has 5 heteroatoms. The lowest BCUT2D eigenvalue weighted by Gasteiger charge is -2.13. The number of carbonyl (C=O) groups excluding carboxylic acids is 1. The van der Waals surface area contributed by atoms with E-state index in [9.17, 15) is 4.79 Å². The van der Waals surface area contributed by atoms with Gasteiger partial charge in [0.1, 0.15) is 0 Å². The Morgan fingerprint density at radius 2 is 2.14 bits per heavy atom. The minimum atomic E-state index is -0.150. The van der Waals surface area contributed by atoms with Crippen molar-refractivity contribution < 1.29 is 4.79 Å². The third-order valence-corrected chi connectivity index (χ3v) is 4.05. The summed E-state index contributed by atoms with van der Waals surface area (Å²) in [5.41, 5.74) is 4.67. The van der Waals surface area contributed by atoms with E-state index in [2.05, 4.69) is 39.9 Å². The lowest BCUT2D eigenvalue weighted by atomic mass is 10.1. The van der Waals surface area contributed by atoms with E-state index < -0.39 is 0 Å². The molecule has 1 aliphatic heterocycles. The maximum absolute atomic E-state index is 12.4. The number of anilines is 1. The number of aromatic amines is 1. The molecule has 1 aromatic carbocycles. The van der Waals surface area contributed by atoms with Crippen LogP contribution in [0.5, 0.6) is 0 Å². The van der Waals surface area contributed by atoms with Crippen LogP contribution in [0.25, 0.3) is 0 Å². The minimum Gasteiger partial charge on any atom is -0.321 e. The zero-order chi connectivity index (χ0) is 15.4. The maximum atomic E-state index is 12.4. The van der Waals surface area contributed by atoms with Crippen LogP contribution < -0.4 is 10.6 Å². The zero-order valence-corrected chi connectivity index (χ0v) is 12.9. The Morgan fingerprint density at radius 1 is 1.32 bits per heavy atom. The van der Waals surface area contributed by atoms with Crippen LogP contribution in [0.3, 0.4) is 0 Å². The first kappa shape index (κ1) is 14.8. The first-order valence-electron chi connectivity index (χ1n) is 7.95. The molecule has 0 spiro atoms. The highest BCUT2D eigenvalue weighted by atomic mass is 16.1. The number of amides is 1. The first-order chi connectivity index (χ1) is 10.8. The molecule has 0 atom stereocenters. The number of aromatic nitrogens is 2. The molecule has 0 fully saturated rings. The van der Waals surface area contributed by atoms with Crippen LogP contribution in [0.4, 0.5) is 5.69 Å². The lowest BCUT2D eigenvalue weighted by molar-refractivity contribution is 0.102. The summed E-state index contributed by atoms with van der Waals surface area (Å²) in [6.07, 6.45) is 4.36. The van der Waals surface area contributed by atoms with Crippen molar-refractivity contribution in [2.75, 3.05) is 11.9 Å². The summed E-state index contributed by atoms with van der Waals surface area (Å²) in [6.45, 7) is 3.81. The Bertz CT molecular complexity index is 645. The van der Waals surface area contributed by atoms with E-state index >= 15 is 0 Å². The molecule has 1 aromatic heterocycles. The van der Waals surface area contributed by atoms with E-state index in [0.29, 0.717) is 12.2 Å². The largest absolute Gasteiger partial charge is 0.321 e. The fourth-order valence-corrected chi connectivity index (χ4v) is 2.74. The molecular formula is C17H22N4O. The standard InChI is InChI=1S/C17H22N4O/c1-2-3-4-12-5-7-13(8-6-12)19-17(22)16-14-11-18-10-9-15(14)20-21-16/h5-8,18H,2-4,9-11H2,1H3,(H,19,22)(H,20,21).